The van der Waals surface area contributed by atoms with Crippen LogP contribution in [0.2, 0.25) is 0 Å². The molecule has 0 saturated carbocycles. The van der Waals surface area contributed by atoms with Gasteiger partial charge in [0.05, 0.1) is 42.7 Å². The molecular formula is C41H49N3O8. The lowest BCUT2D eigenvalue weighted by Crippen LogP contribution is -2.36. The van der Waals surface area contributed by atoms with Crippen molar-refractivity contribution in [3.05, 3.63) is 108 Å². The number of nitrogens with one attached hydrogen (secondary N) is 2. The van der Waals surface area contributed by atoms with Gasteiger partial charge in [-0.2, -0.15) is 0 Å². The molecule has 1 aliphatic rings. The quantitative estimate of drug-likeness (QED) is 0.129. The molecule has 1 heterocycles. The Morgan fingerprint density at radius 3 is 1.38 bits per heavy atom. The Balaban J connectivity index is 1.33. The summed E-state index contributed by atoms with van der Waals surface area (Å²) in [6, 6.07) is 17.6. The maximum atomic E-state index is 12.8. The number of hydrogen-bond acceptors (Lipinski definition) is 9. The van der Waals surface area contributed by atoms with Gasteiger partial charge in [0, 0.05) is 44.9 Å². The minimum atomic E-state index is -0.194. The van der Waals surface area contributed by atoms with Gasteiger partial charge >= 0.3 is 0 Å². The molecule has 0 aliphatic carbocycles. The maximum Gasteiger partial charge on any atom is 0.243 e. The van der Waals surface area contributed by atoms with Crippen LogP contribution in [0.3, 0.4) is 0 Å². The Morgan fingerprint density at radius 2 is 1.02 bits per heavy atom. The first-order valence-electron chi connectivity index (χ1n) is 16.9. The number of benzene rings is 3. The van der Waals surface area contributed by atoms with Crippen LogP contribution in [0.15, 0.2) is 91.1 Å². The van der Waals surface area contributed by atoms with Crippen molar-refractivity contribution in [1.29, 1.82) is 0 Å². The molecule has 0 aromatic heterocycles. The molecule has 0 spiro atoms. The lowest BCUT2D eigenvalue weighted by atomic mass is 9.96. The van der Waals surface area contributed by atoms with Gasteiger partial charge < -0.3 is 39.1 Å². The van der Waals surface area contributed by atoms with Crippen molar-refractivity contribution in [3.63, 3.8) is 0 Å². The van der Waals surface area contributed by atoms with Crippen LogP contribution >= 0.6 is 0 Å². The monoisotopic (exact) mass is 711 g/mol. The molecule has 52 heavy (non-hydrogen) atoms. The number of amides is 2. The summed E-state index contributed by atoms with van der Waals surface area (Å²) in [5.74, 6) is 3.14. The standard InChI is InChI=1S/C41H49N3O8/c1-47-34-20-30(21-35(48-2)40(34)51-5)16-10-12-18-38(45)42-24-32-27-44(26-29-14-8-7-9-15-29)28-33(32)25-43-39(46)19-13-11-17-31-22-36(49-3)41(52-6)37(23-31)50-4/h7-23,32-33H,24-28H2,1-6H3,(H,42,45)(H,43,46)/b16-10+,17-11+,18-12+,19-13+/t32-,33?/m1/s1. The predicted molar refractivity (Wildman–Crippen MR) is 203 cm³/mol. The predicted octanol–water partition coefficient (Wildman–Crippen LogP) is 5.56. The van der Waals surface area contributed by atoms with Crippen LogP contribution in [0.5, 0.6) is 34.5 Å². The van der Waals surface area contributed by atoms with Gasteiger partial charge in [-0.1, -0.05) is 66.8 Å². The van der Waals surface area contributed by atoms with E-state index in [1.54, 1.807) is 67.0 Å². The molecule has 0 bridgehead atoms. The van der Waals surface area contributed by atoms with Gasteiger partial charge in [0.15, 0.2) is 23.0 Å². The Kier molecular flexibility index (Phi) is 15.2. The summed E-state index contributed by atoms with van der Waals surface area (Å²) < 4.78 is 32.4. The van der Waals surface area contributed by atoms with Gasteiger partial charge in [-0.3, -0.25) is 14.5 Å². The van der Waals surface area contributed by atoms with E-state index in [0.29, 0.717) is 47.6 Å². The minimum Gasteiger partial charge on any atom is -0.493 e. The lowest BCUT2D eigenvalue weighted by molar-refractivity contribution is -0.117. The molecule has 3 aromatic rings. The molecule has 4 rings (SSSR count). The summed E-state index contributed by atoms with van der Waals surface area (Å²) in [6.45, 7) is 3.37. The lowest BCUT2D eigenvalue weighted by Gasteiger charge is -2.18. The van der Waals surface area contributed by atoms with Crippen molar-refractivity contribution < 1.29 is 38.0 Å². The summed E-state index contributed by atoms with van der Waals surface area (Å²) in [4.78, 5) is 27.9. The van der Waals surface area contributed by atoms with Crippen LogP contribution in [0.1, 0.15) is 16.7 Å². The highest BCUT2D eigenvalue weighted by atomic mass is 16.5. The number of methoxy groups -OCH3 is 6. The van der Waals surface area contributed by atoms with Gasteiger partial charge in [-0.15, -0.1) is 0 Å². The summed E-state index contributed by atoms with van der Waals surface area (Å²) in [7, 11) is 9.38. The van der Waals surface area contributed by atoms with Crippen LogP contribution < -0.4 is 39.1 Å². The van der Waals surface area contributed by atoms with Crippen molar-refractivity contribution in [2.45, 2.75) is 6.54 Å². The van der Waals surface area contributed by atoms with Gasteiger partial charge in [0.1, 0.15) is 0 Å². The van der Waals surface area contributed by atoms with E-state index in [1.165, 1.54) is 17.7 Å². The second kappa shape index (κ2) is 20.2. The fourth-order valence-electron chi connectivity index (χ4n) is 6.06. The molecule has 2 amide bonds. The summed E-state index contributed by atoms with van der Waals surface area (Å²) in [5.41, 5.74) is 2.88. The van der Waals surface area contributed by atoms with E-state index in [0.717, 1.165) is 30.8 Å². The minimum absolute atomic E-state index is 0.153. The number of nitrogens with zero attached hydrogens (tertiary/aromatic N) is 1. The van der Waals surface area contributed by atoms with Crippen LogP contribution in [0, 0.1) is 11.8 Å². The van der Waals surface area contributed by atoms with E-state index in [4.69, 9.17) is 28.4 Å². The summed E-state index contributed by atoms with van der Waals surface area (Å²) >= 11 is 0. The van der Waals surface area contributed by atoms with Gasteiger partial charge in [-0.05, 0) is 52.8 Å². The molecule has 3 aromatic carbocycles. The van der Waals surface area contributed by atoms with Crippen LogP contribution in [-0.2, 0) is 16.1 Å². The average Bonchev–Trinajstić information content (AvgIpc) is 3.56. The van der Waals surface area contributed by atoms with Crippen molar-refractivity contribution in [3.8, 4) is 34.5 Å². The second-order valence-electron chi connectivity index (χ2n) is 12.0. The highest BCUT2D eigenvalue weighted by molar-refractivity contribution is 5.88. The van der Waals surface area contributed by atoms with Crippen LogP contribution in [0.25, 0.3) is 12.2 Å². The number of allylic oxidation sites excluding steroid dienone is 4. The Labute approximate surface area is 306 Å². The third-order valence-corrected chi connectivity index (χ3v) is 8.65. The van der Waals surface area contributed by atoms with Gasteiger partial charge in [-0.25, -0.2) is 0 Å². The summed E-state index contributed by atoms with van der Waals surface area (Å²) in [6.07, 6.45) is 13.6. The highest BCUT2D eigenvalue weighted by Gasteiger charge is 2.32. The molecule has 1 saturated heterocycles. The fraction of sp³-hybridized carbons (Fsp3) is 0.317. The molecule has 1 unspecified atom stereocenters. The van der Waals surface area contributed by atoms with Crippen LogP contribution in [0.4, 0.5) is 0 Å². The molecule has 1 fully saturated rings. The van der Waals surface area contributed by atoms with E-state index < -0.39 is 0 Å². The molecule has 0 radical (unpaired) electrons. The Morgan fingerprint density at radius 1 is 0.615 bits per heavy atom. The van der Waals surface area contributed by atoms with E-state index in [2.05, 4.69) is 27.7 Å². The number of rotatable bonds is 18. The number of carbonyl (C=O) groups excluding carboxylic acids is 2. The van der Waals surface area contributed by atoms with E-state index >= 15 is 0 Å². The third kappa shape index (κ3) is 11.2. The Bertz CT molecular complexity index is 1590. The molecule has 2 N–H and O–H groups in total. The van der Waals surface area contributed by atoms with Gasteiger partial charge in [0.2, 0.25) is 23.3 Å². The first kappa shape index (κ1) is 39.1. The largest absolute Gasteiger partial charge is 0.493 e. The van der Waals surface area contributed by atoms with E-state index in [1.807, 2.05) is 54.6 Å². The number of hydrogen-bond donors (Lipinski definition) is 2. The first-order chi connectivity index (χ1) is 25.3. The van der Waals surface area contributed by atoms with E-state index in [9.17, 15) is 9.59 Å². The van der Waals surface area contributed by atoms with Crippen molar-refractivity contribution in [2.75, 3.05) is 68.8 Å². The third-order valence-electron chi connectivity index (χ3n) is 8.65. The van der Waals surface area contributed by atoms with Crippen molar-refractivity contribution >= 4 is 24.0 Å². The average molecular weight is 712 g/mol. The van der Waals surface area contributed by atoms with Gasteiger partial charge in [0.25, 0.3) is 0 Å². The molecular weight excluding hydrogens is 662 g/mol. The molecule has 11 heteroatoms. The zero-order chi connectivity index (χ0) is 37.3. The molecule has 2 atom stereocenters. The highest BCUT2D eigenvalue weighted by Crippen LogP contribution is 2.39. The zero-order valence-corrected chi connectivity index (χ0v) is 30.7. The fourth-order valence-corrected chi connectivity index (χ4v) is 6.06. The first-order valence-corrected chi connectivity index (χ1v) is 16.9. The van der Waals surface area contributed by atoms with Crippen molar-refractivity contribution in [1.82, 2.24) is 15.5 Å². The number of ether oxygens (including phenoxy) is 6. The second-order valence-corrected chi connectivity index (χ2v) is 12.0. The zero-order valence-electron chi connectivity index (χ0n) is 30.7. The molecule has 1 aliphatic heterocycles. The number of carbonyl (C=O) groups is 2. The topological polar surface area (TPSA) is 117 Å². The molecule has 276 valence electrons. The van der Waals surface area contributed by atoms with Crippen molar-refractivity contribution in [2.24, 2.45) is 11.8 Å². The summed E-state index contributed by atoms with van der Waals surface area (Å²) in [5, 5.41) is 6.11. The van der Waals surface area contributed by atoms with E-state index in [-0.39, 0.29) is 23.7 Å². The normalized spacial score (nSPS) is 16.1. The Hall–Kier alpha value is -5.68. The maximum absolute atomic E-state index is 12.8. The smallest absolute Gasteiger partial charge is 0.243 e. The van der Waals surface area contributed by atoms with Crippen LogP contribution in [-0.4, -0.2) is 85.6 Å². The SMILES string of the molecule is COc1cc(/C=C/C=C/C(=O)NCC2CN(Cc3ccccc3)C[C@H]2CNC(=O)/C=C/C=C/c2cc(OC)c(OC)c(OC)c2)cc(OC)c1OC. The number of likely N-dealkylation sites (tertiary alicyclic amines) is 1. The molecule has 11 nitrogen and oxygen atoms in total.